The molecule has 0 fully saturated rings. The molecule has 0 saturated heterocycles. The number of halogens is 2. The first-order valence-corrected chi connectivity index (χ1v) is 6.67. The highest BCUT2D eigenvalue weighted by atomic mass is 19.1. The number of benzene rings is 2. The molecule has 0 saturated carbocycles. The monoisotopic (exact) mass is 272 g/mol. The van der Waals surface area contributed by atoms with Crippen molar-refractivity contribution >= 4 is 5.78 Å². The molecular formula is C17H14F2O. The Balaban J connectivity index is 1.64. The normalized spacial score (nSPS) is 16.4. The van der Waals surface area contributed by atoms with Crippen molar-refractivity contribution < 1.29 is 13.6 Å². The number of hydrogen-bond donors (Lipinski definition) is 0. The quantitative estimate of drug-likeness (QED) is 0.827. The molecule has 3 heteroatoms. The number of ketones is 1. The molecular weight excluding hydrogens is 258 g/mol. The van der Waals surface area contributed by atoms with Crippen molar-refractivity contribution in [2.75, 3.05) is 0 Å². The zero-order chi connectivity index (χ0) is 14.1. The van der Waals surface area contributed by atoms with Gasteiger partial charge >= 0.3 is 0 Å². The van der Waals surface area contributed by atoms with Crippen LogP contribution in [0.3, 0.4) is 0 Å². The minimum Gasteiger partial charge on any atom is -0.299 e. The summed E-state index contributed by atoms with van der Waals surface area (Å²) < 4.78 is 26.3. The highest BCUT2D eigenvalue weighted by Crippen LogP contribution is 2.37. The lowest BCUT2D eigenvalue weighted by molar-refractivity contribution is -0.119. The van der Waals surface area contributed by atoms with E-state index < -0.39 is 11.6 Å². The SMILES string of the molecule is O=C(Cc1ccc(F)cc1F)CC1Cc2ccccc21. The summed E-state index contributed by atoms with van der Waals surface area (Å²) in [6, 6.07) is 11.4. The Morgan fingerprint density at radius 3 is 2.70 bits per heavy atom. The predicted molar refractivity (Wildman–Crippen MR) is 72.6 cm³/mol. The van der Waals surface area contributed by atoms with E-state index in [4.69, 9.17) is 0 Å². The number of rotatable bonds is 4. The van der Waals surface area contributed by atoms with Crippen molar-refractivity contribution in [1.29, 1.82) is 0 Å². The topological polar surface area (TPSA) is 17.1 Å². The molecule has 0 amide bonds. The van der Waals surface area contributed by atoms with E-state index in [0.717, 1.165) is 12.5 Å². The molecule has 3 rings (SSSR count). The molecule has 1 nitrogen and oxygen atoms in total. The van der Waals surface area contributed by atoms with Crippen LogP contribution < -0.4 is 0 Å². The third-order valence-corrected chi connectivity index (χ3v) is 3.84. The third-order valence-electron chi connectivity index (χ3n) is 3.84. The van der Waals surface area contributed by atoms with Crippen molar-refractivity contribution in [3.05, 3.63) is 70.8 Å². The van der Waals surface area contributed by atoms with Gasteiger partial charge in [-0.25, -0.2) is 8.78 Å². The van der Waals surface area contributed by atoms with E-state index >= 15 is 0 Å². The highest BCUT2D eigenvalue weighted by molar-refractivity contribution is 5.82. The van der Waals surface area contributed by atoms with Gasteiger partial charge in [-0.2, -0.15) is 0 Å². The van der Waals surface area contributed by atoms with Crippen LogP contribution in [-0.4, -0.2) is 5.78 Å². The Bertz CT molecular complexity index is 664. The van der Waals surface area contributed by atoms with Gasteiger partial charge in [0, 0.05) is 18.9 Å². The first kappa shape index (κ1) is 13.0. The Morgan fingerprint density at radius 2 is 1.95 bits per heavy atom. The summed E-state index contributed by atoms with van der Waals surface area (Å²) in [6.07, 6.45) is 1.37. The Labute approximate surface area is 116 Å². The second-order valence-electron chi connectivity index (χ2n) is 5.26. The van der Waals surface area contributed by atoms with Crippen LogP contribution in [0, 0.1) is 11.6 Å². The van der Waals surface area contributed by atoms with Crippen LogP contribution in [0.5, 0.6) is 0 Å². The average Bonchev–Trinajstić information content (AvgIpc) is 2.39. The van der Waals surface area contributed by atoms with Gasteiger partial charge in [-0.1, -0.05) is 30.3 Å². The van der Waals surface area contributed by atoms with E-state index in [1.165, 1.54) is 23.3 Å². The second kappa shape index (κ2) is 5.16. The molecule has 1 aliphatic rings. The van der Waals surface area contributed by atoms with E-state index in [-0.39, 0.29) is 23.7 Å². The summed E-state index contributed by atoms with van der Waals surface area (Å²) in [4.78, 5) is 12.0. The van der Waals surface area contributed by atoms with Crippen LogP contribution in [0.15, 0.2) is 42.5 Å². The van der Waals surface area contributed by atoms with Crippen LogP contribution in [-0.2, 0) is 17.6 Å². The standard InChI is InChI=1S/C17H14F2O/c18-14-6-5-12(17(19)10-14)8-15(20)9-13-7-11-3-1-2-4-16(11)13/h1-6,10,13H,7-9H2. The highest BCUT2D eigenvalue weighted by Gasteiger charge is 2.27. The lowest BCUT2D eigenvalue weighted by atomic mass is 9.75. The van der Waals surface area contributed by atoms with E-state index in [2.05, 4.69) is 6.07 Å². The molecule has 0 heterocycles. The summed E-state index contributed by atoms with van der Waals surface area (Å²) in [5.74, 6) is -1.02. The minimum atomic E-state index is -0.646. The summed E-state index contributed by atoms with van der Waals surface area (Å²) in [5, 5.41) is 0. The van der Waals surface area contributed by atoms with Gasteiger partial charge in [0.05, 0.1) is 0 Å². The fourth-order valence-corrected chi connectivity index (χ4v) is 2.77. The fraction of sp³-hybridized carbons (Fsp3) is 0.235. The summed E-state index contributed by atoms with van der Waals surface area (Å²) in [6.45, 7) is 0. The van der Waals surface area contributed by atoms with Crippen molar-refractivity contribution in [3.63, 3.8) is 0 Å². The number of Topliss-reactive ketones (excluding diaryl/α,β-unsaturated/α-hetero) is 1. The number of carbonyl (C=O) groups is 1. The van der Waals surface area contributed by atoms with Crippen molar-refractivity contribution in [3.8, 4) is 0 Å². The van der Waals surface area contributed by atoms with Crippen molar-refractivity contribution in [2.45, 2.75) is 25.2 Å². The van der Waals surface area contributed by atoms with E-state index in [1.54, 1.807) is 0 Å². The van der Waals surface area contributed by atoms with Gasteiger partial charge in [0.2, 0.25) is 0 Å². The van der Waals surface area contributed by atoms with E-state index in [0.29, 0.717) is 6.42 Å². The first-order chi connectivity index (χ1) is 9.63. The van der Waals surface area contributed by atoms with Gasteiger partial charge in [-0.15, -0.1) is 0 Å². The number of carbonyl (C=O) groups excluding carboxylic acids is 1. The Hall–Kier alpha value is -2.03. The minimum absolute atomic E-state index is 0.00462. The molecule has 2 aromatic rings. The van der Waals surface area contributed by atoms with Crippen molar-refractivity contribution in [2.24, 2.45) is 0 Å². The Kier molecular flexibility index (Phi) is 3.35. The number of hydrogen-bond acceptors (Lipinski definition) is 1. The molecule has 0 bridgehead atoms. The molecule has 0 radical (unpaired) electrons. The van der Waals surface area contributed by atoms with Crippen LogP contribution in [0.1, 0.15) is 29.0 Å². The van der Waals surface area contributed by atoms with Gasteiger partial charge in [0.25, 0.3) is 0 Å². The van der Waals surface area contributed by atoms with Crippen molar-refractivity contribution in [1.82, 2.24) is 0 Å². The van der Waals surface area contributed by atoms with Crippen LogP contribution in [0.25, 0.3) is 0 Å². The van der Waals surface area contributed by atoms with Gasteiger partial charge < -0.3 is 0 Å². The summed E-state index contributed by atoms with van der Waals surface area (Å²) in [7, 11) is 0. The molecule has 0 aromatic heterocycles. The van der Waals surface area contributed by atoms with E-state index in [9.17, 15) is 13.6 Å². The average molecular weight is 272 g/mol. The molecule has 1 unspecified atom stereocenters. The lowest BCUT2D eigenvalue weighted by Crippen LogP contribution is -2.21. The number of fused-ring (bicyclic) bond motifs is 1. The molecule has 0 aliphatic heterocycles. The summed E-state index contributed by atoms with van der Waals surface area (Å²) in [5.41, 5.74) is 2.78. The molecule has 2 aromatic carbocycles. The zero-order valence-corrected chi connectivity index (χ0v) is 10.9. The molecule has 102 valence electrons. The third kappa shape index (κ3) is 2.48. The fourth-order valence-electron chi connectivity index (χ4n) is 2.77. The van der Waals surface area contributed by atoms with E-state index in [1.807, 2.05) is 18.2 Å². The molecule has 1 aliphatic carbocycles. The van der Waals surface area contributed by atoms with Gasteiger partial charge in [-0.3, -0.25) is 4.79 Å². The summed E-state index contributed by atoms with van der Waals surface area (Å²) >= 11 is 0. The molecule has 0 N–H and O–H groups in total. The maximum absolute atomic E-state index is 13.5. The lowest BCUT2D eigenvalue weighted by Gasteiger charge is -2.29. The molecule has 1 atom stereocenters. The predicted octanol–water partition coefficient (Wildman–Crippen LogP) is 3.81. The molecule has 0 spiro atoms. The first-order valence-electron chi connectivity index (χ1n) is 6.67. The smallest absolute Gasteiger partial charge is 0.137 e. The van der Waals surface area contributed by atoms with Gasteiger partial charge in [-0.05, 0) is 35.1 Å². The van der Waals surface area contributed by atoms with Crippen LogP contribution >= 0.6 is 0 Å². The Morgan fingerprint density at radius 1 is 1.15 bits per heavy atom. The zero-order valence-electron chi connectivity index (χ0n) is 10.9. The maximum atomic E-state index is 13.5. The van der Waals surface area contributed by atoms with Gasteiger partial charge in [0.15, 0.2) is 0 Å². The maximum Gasteiger partial charge on any atom is 0.137 e. The van der Waals surface area contributed by atoms with Gasteiger partial charge in [0.1, 0.15) is 17.4 Å². The molecule has 20 heavy (non-hydrogen) atoms. The van der Waals surface area contributed by atoms with Crippen LogP contribution in [0.4, 0.5) is 8.78 Å². The van der Waals surface area contributed by atoms with Crippen LogP contribution in [0.2, 0.25) is 0 Å². The second-order valence-corrected chi connectivity index (χ2v) is 5.26. The largest absolute Gasteiger partial charge is 0.299 e.